The molecule has 2 aliphatic carbocycles. The van der Waals surface area contributed by atoms with Gasteiger partial charge in [-0.05, 0) is 136 Å². The van der Waals surface area contributed by atoms with E-state index in [0.29, 0.717) is 54.6 Å². The second kappa shape index (κ2) is 27.6. The largest absolute Gasteiger partial charge is 0.398 e. The fourth-order valence-electron chi connectivity index (χ4n) is 7.74. The normalized spacial score (nSPS) is 13.7. The number of fused-ring (bicyclic) bond motifs is 3. The maximum atomic E-state index is 13.0. The zero-order valence-electron chi connectivity index (χ0n) is 41.1. The second-order valence-electron chi connectivity index (χ2n) is 18.2. The first kappa shape index (κ1) is 58.1. The molecule has 6 aromatic carbocycles. The maximum Gasteiger partial charge on any atom is 0.255 e. The Morgan fingerprint density at radius 2 is 0.896 bits per heavy atom. The number of ketones is 2. The van der Waals surface area contributed by atoms with Crippen LogP contribution in [0.2, 0.25) is 15.1 Å². The number of halogens is 6. The summed E-state index contributed by atoms with van der Waals surface area (Å²) >= 11 is 35.5. The number of hydrogen-bond acceptors (Lipinski definition) is 9. The summed E-state index contributed by atoms with van der Waals surface area (Å²) in [6.45, 7) is 0. The van der Waals surface area contributed by atoms with Crippen molar-refractivity contribution in [3.05, 3.63) is 238 Å². The van der Waals surface area contributed by atoms with Gasteiger partial charge in [0.2, 0.25) is 5.24 Å². The molecule has 0 aliphatic heterocycles. The van der Waals surface area contributed by atoms with Gasteiger partial charge in [0.05, 0.1) is 16.8 Å². The molecule has 0 saturated heterocycles. The van der Waals surface area contributed by atoms with Crippen LogP contribution in [0.1, 0.15) is 70.3 Å². The molecule has 396 valence electrons. The van der Waals surface area contributed by atoms with Crippen molar-refractivity contribution in [2.24, 2.45) is 5.73 Å². The fourth-order valence-corrected chi connectivity index (χ4v) is 8.86. The molecule has 9 aromatic rings. The van der Waals surface area contributed by atoms with E-state index in [1.165, 1.54) is 12.8 Å². The van der Waals surface area contributed by atoms with Crippen molar-refractivity contribution in [1.82, 2.24) is 20.3 Å². The van der Waals surface area contributed by atoms with Gasteiger partial charge in [0.1, 0.15) is 10.8 Å². The molecule has 18 heteroatoms. The van der Waals surface area contributed by atoms with E-state index in [0.717, 1.165) is 51.3 Å². The fraction of sp³-hybridized carbons (Fsp3) is 0.186. The van der Waals surface area contributed by atoms with Gasteiger partial charge in [0, 0.05) is 69.7 Å². The number of carbonyl (C=O) groups is 3. The van der Waals surface area contributed by atoms with E-state index in [9.17, 15) is 28.8 Å². The number of nitrogens with one attached hydrogen (secondary N) is 4. The lowest BCUT2D eigenvalue weighted by molar-refractivity contribution is -0.120. The Labute approximate surface area is 473 Å². The number of pyridine rings is 3. The number of alkyl halides is 2. The minimum atomic E-state index is -0.724. The lowest BCUT2D eigenvalue weighted by Crippen LogP contribution is -2.31. The predicted octanol–water partition coefficient (Wildman–Crippen LogP) is 12.7. The van der Waals surface area contributed by atoms with Gasteiger partial charge in [-0.3, -0.25) is 28.8 Å². The molecular formula is C59H52Cl6N6O6. The van der Waals surface area contributed by atoms with Crippen molar-refractivity contribution < 1.29 is 14.4 Å². The Morgan fingerprint density at radius 1 is 0.519 bits per heavy atom. The molecule has 77 heavy (non-hydrogen) atoms. The van der Waals surface area contributed by atoms with Crippen molar-refractivity contribution in [2.75, 3.05) is 5.73 Å². The summed E-state index contributed by atoms with van der Waals surface area (Å²) < 4.78 is 0. The number of nitrogen functional groups attached to an aromatic ring is 1. The highest BCUT2D eigenvalue weighted by Crippen LogP contribution is 2.30. The number of aromatic amines is 3. The smallest absolute Gasteiger partial charge is 0.255 e. The zero-order valence-corrected chi connectivity index (χ0v) is 45.6. The molecule has 11 rings (SSSR count). The summed E-state index contributed by atoms with van der Waals surface area (Å²) in [5, 5.41) is 6.61. The van der Waals surface area contributed by atoms with E-state index >= 15 is 0 Å². The van der Waals surface area contributed by atoms with Crippen molar-refractivity contribution >= 4 is 124 Å². The van der Waals surface area contributed by atoms with Gasteiger partial charge < -0.3 is 31.7 Å². The minimum Gasteiger partial charge on any atom is -0.398 e. The highest BCUT2D eigenvalue weighted by atomic mass is 35.5. The lowest BCUT2D eigenvalue weighted by atomic mass is 9.96. The standard InChI is InChI=1S/C21H19ClN2O2.C18H13Cl2NO2.C9H7ClN2O.C8H6Cl2O.C3H7N/c22-18-12-17-14(8-9-23-21(17)26)10-15(18)11-19(25)20(24-16-6-7-16)13-4-2-1-3-5-13;19-15-10-14-12(6-7-21-18(14)23)8-13(15)9-16(22)17(20)11-4-2-1-3-5-11;10-7-4-6-5(3-8(7)11)1-2-12-9(6)13;9-7(8(10)11)6-4-2-1-3-5-6;4-3-1-2-3/h1-5,8-10,12,16,20,24H,6-7,11H2,(H,23,26);1-8,10,17H,9H2,(H,21,23);1-4H,11H2,(H,12,13);1-5,7H;3H,1-2,4H2. The maximum absolute atomic E-state index is 13.0. The number of benzene rings is 6. The van der Waals surface area contributed by atoms with Crippen LogP contribution in [0.3, 0.4) is 0 Å². The summed E-state index contributed by atoms with van der Waals surface area (Å²) in [6, 6.07) is 44.1. The highest BCUT2D eigenvalue weighted by molar-refractivity contribution is 6.68. The van der Waals surface area contributed by atoms with Crippen LogP contribution in [0.4, 0.5) is 5.69 Å². The van der Waals surface area contributed by atoms with Crippen molar-refractivity contribution in [1.29, 1.82) is 0 Å². The third kappa shape index (κ3) is 16.7. The van der Waals surface area contributed by atoms with Gasteiger partial charge in [0.25, 0.3) is 16.7 Å². The first-order valence-electron chi connectivity index (χ1n) is 24.3. The monoisotopic (exact) mass is 1150 g/mol. The summed E-state index contributed by atoms with van der Waals surface area (Å²) in [6.07, 6.45) is 9.83. The Hall–Kier alpha value is -6.58. The molecule has 12 nitrogen and oxygen atoms in total. The Balaban J connectivity index is 0.000000153. The van der Waals surface area contributed by atoms with E-state index in [1.807, 2.05) is 91.0 Å². The summed E-state index contributed by atoms with van der Waals surface area (Å²) in [5.41, 5.74) is 14.6. The first-order chi connectivity index (χ1) is 37.0. The Morgan fingerprint density at radius 3 is 1.30 bits per heavy atom. The highest BCUT2D eigenvalue weighted by Gasteiger charge is 2.30. The average Bonchev–Trinajstić information content (AvgIpc) is 4.40. The van der Waals surface area contributed by atoms with Gasteiger partial charge in [-0.25, -0.2) is 0 Å². The number of hydrogen-bond donors (Lipinski definition) is 6. The third-order valence-corrected chi connectivity index (χ3v) is 14.5. The molecule has 0 bridgehead atoms. The van der Waals surface area contributed by atoms with E-state index in [1.54, 1.807) is 73.2 Å². The molecule has 2 aliphatic rings. The second-order valence-corrected chi connectivity index (χ2v) is 20.7. The molecule has 0 spiro atoms. The van der Waals surface area contributed by atoms with Gasteiger partial charge in [-0.1, -0.05) is 126 Å². The molecular weight excluding hydrogens is 1100 g/mol. The minimum absolute atomic E-state index is 0.0780. The van der Waals surface area contributed by atoms with Crippen LogP contribution in [0, 0.1) is 0 Å². The number of Topliss-reactive ketones (excluding diaryl/α,β-unsaturated/α-hetero) is 2. The number of aromatic nitrogens is 3. The van der Waals surface area contributed by atoms with Crippen molar-refractivity contribution in [3.8, 4) is 0 Å². The molecule has 3 unspecified atom stereocenters. The third-order valence-electron chi connectivity index (χ3n) is 12.2. The van der Waals surface area contributed by atoms with Crippen LogP contribution in [0.5, 0.6) is 0 Å². The zero-order chi connectivity index (χ0) is 55.2. The first-order valence-corrected chi connectivity index (χ1v) is 26.7. The summed E-state index contributed by atoms with van der Waals surface area (Å²) in [4.78, 5) is 78.8. The Bertz CT molecular complexity index is 3690. The van der Waals surface area contributed by atoms with Crippen LogP contribution < -0.4 is 33.5 Å². The number of rotatable bonds is 12. The Kier molecular flexibility index (Phi) is 20.9. The van der Waals surface area contributed by atoms with E-state index in [-0.39, 0.29) is 47.1 Å². The molecule has 2 saturated carbocycles. The lowest BCUT2D eigenvalue weighted by Gasteiger charge is -2.18. The van der Waals surface area contributed by atoms with Crippen molar-refractivity contribution in [2.45, 2.75) is 67.4 Å². The van der Waals surface area contributed by atoms with Gasteiger partial charge in [0.15, 0.2) is 11.6 Å². The van der Waals surface area contributed by atoms with Gasteiger partial charge in [-0.15, -0.1) is 23.2 Å². The number of anilines is 1. The van der Waals surface area contributed by atoms with Gasteiger partial charge >= 0.3 is 0 Å². The topological polar surface area (TPSA) is 214 Å². The van der Waals surface area contributed by atoms with Crippen LogP contribution in [-0.2, 0) is 27.2 Å². The molecule has 0 amide bonds. The molecule has 3 atom stereocenters. The number of H-pyrrole nitrogens is 3. The summed E-state index contributed by atoms with van der Waals surface area (Å²) in [5.74, 6) is -0.0573. The molecule has 8 N–H and O–H groups in total. The average molecular weight is 1150 g/mol. The quantitative estimate of drug-likeness (QED) is 0.0389. The predicted molar refractivity (Wildman–Crippen MR) is 314 cm³/mol. The van der Waals surface area contributed by atoms with E-state index < -0.39 is 16.0 Å². The van der Waals surface area contributed by atoms with Crippen LogP contribution in [-0.4, -0.2) is 43.8 Å². The van der Waals surface area contributed by atoms with Gasteiger partial charge in [-0.2, -0.15) is 0 Å². The molecule has 0 radical (unpaired) electrons. The molecule has 2 fully saturated rings. The van der Waals surface area contributed by atoms with Crippen LogP contribution in [0.25, 0.3) is 32.3 Å². The molecule has 3 heterocycles. The van der Waals surface area contributed by atoms with Crippen LogP contribution >= 0.6 is 69.6 Å². The SMILES string of the molecule is NC1CC1.Nc1cc2cc[nH]c(=O)c2cc1Cl.O=C(Cc1cc2cc[nH]c(=O)c2cc1Cl)C(Cl)c1ccccc1.O=C(Cc1cc2cc[nH]c(=O)c2cc1Cl)C(NC1CC1)c1ccccc1.O=C(Cl)C(Cl)c1ccccc1. The number of carbonyl (C=O) groups excluding carboxylic acids is 3. The van der Waals surface area contributed by atoms with Crippen LogP contribution in [0.15, 0.2) is 179 Å². The van der Waals surface area contributed by atoms with E-state index in [2.05, 4.69) is 20.3 Å². The number of nitrogens with two attached hydrogens (primary N) is 2. The van der Waals surface area contributed by atoms with Crippen molar-refractivity contribution in [3.63, 3.8) is 0 Å². The summed E-state index contributed by atoms with van der Waals surface area (Å²) in [7, 11) is 0. The molecule has 3 aromatic heterocycles. The van der Waals surface area contributed by atoms with E-state index in [4.69, 9.17) is 81.1 Å².